The van der Waals surface area contributed by atoms with Crippen molar-refractivity contribution < 1.29 is 23.8 Å². The molecule has 0 unspecified atom stereocenters. The first kappa shape index (κ1) is 21.8. The maximum atomic E-state index is 12.2. The van der Waals surface area contributed by atoms with Gasteiger partial charge in [0, 0.05) is 25.6 Å². The van der Waals surface area contributed by atoms with Gasteiger partial charge in [-0.3, -0.25) is 4.79 Å². The molecule has 0 spiro atoms. The molecule has 0 aliphatic carbocycles. The summed E-state index contributed by atoms with van der Waals surface area (Å²) in [5.74, 6) is -0.271. The van der Waals surface area contributed by atoms with Crippen molar-refractivity contribution in [3.05, 3.63) is 71.6 Å². The van der Waals surface area contributed by atoms with Gasteiger partial charge in [0.25, 0.3) is 5.91 Å². The molecule has 0 radical (unpaired) electrons. The van der Waals surface area contributed by atoms with Crippen LogP contribution in [-0.2, 0) is 17.6 Å². The van der Waals surface area contributed by atoms with Gasteiger partial charge in [-0.25, -0.2) is 14.8 Å². The van der Waals surface area contributed by atoms with Crippen molar-refractivity contribution >= 4 is 17.7 Å². The standard InChI is InChI=1S/C22H24N4O5/c1-14-20(31-13-24-14)21(27)26-18(22(28)29)12-15-6-8-17(9-7-15)30-11-10-16-4-3-5-19(23-2)25-16/h3-9,13,18H,10-12H2,1-2H3,(H,23,25)(H,26,27)(H,28,29)/t18-/m0/s1. The van der Waals surface area contributed by atoms with Gasteiger partial charge in [-0.2, -0.15) is 0 Å². The summed E-state index contributed by atoms with van der Waals surface area (Å²) in [6.07, 6.45) is 1.92. The Kier molecular flexibility index (Phi) is 7.21. The number of amides is 1. The maximum Gasteiger partial charge on any atom is 0.326 e. The van der Waals surface area contributed by atoms with Crippen LogP contribution in [0.4, 0.5) is 5.82 Å². The topological polar surface area (TPSA) is 127 Å². The van der Waals surface area contributed by atoms with Crippen LogP contribution >= 0.6 is 0 Å². The second kappa shape index (κ2) is 10.2. The Morgan fingerprint density at radius 3 is 2.61 bits per heavy atom. The number of aromatic nitrogens is 2. The molecule has 9 nitrogen and oxygen atoms in total. The molecule has 3 rings (SSSR count). The van der Waals surface area contributed by atoms with Crippen LogP contribution < -0.4 is 15.4 Å². The van der Waals surface area contributed by atoms with Crippen molar-refractivity contribution in [2.75, 3.05) is 19.0 Å². The molecule has 1 aromatic carbocycles. The van der Waals surface area contributed by atoms with Gasteiger partial charge in [0.05, 0.1) is 12.3 Å². The number of hydrogen-bond donors (Lipinski definition) is 3. The quantitative estimate of drug-likeness (QED) is 0.453. The van der Waals surface area contributed by atoms with Crippen LogP contribution in [0.1, 0.15) is 27.5 Å². The van der Waals surface area contributed by atoms with Crippen molar-refractivity contribution in [2.24, 2.45) is 0 Å². The second-order valence-corrected chi connectivity index (χ2v) is 6.84. The number of carbonyl (C=O) groups is 2. The zero-order chi connectivity index (χ0) is 22.2. The molecular weight excluding hydrogens is 400 g/mol. The molecule has 2 heterocycles. The number of nitrogens with zero attached hydrogens (tertiary/aromatic N) is 2. The van der Waals surface area contributed by atoms with E-state index in [0.717, 1.165) is 23.5 Å². The van der Waals surface area contributed by atoms with Gasteiger partial charge < -0.3 is 24.9 Å². The molecule has 0 fully saturated rings. The summed E-state index contributed by atoms with van der Waals surface area (Å²) >= 11 is 0. The first-order valence-corrected chi connectivity index (χ1v) is 9.75. The van der Waals surface area contributed by atoms with Crippen LogP contribution in [0, 0.1) is 6.92 Å². The Morgan fingerprint density at radius 1 is 1.19 bits per heavy atom. The predicted molar refractivity (Wildman–Crippen MR) is 113 cm³/mol. The predicted octanol–water partition coefficient (Wildman–Crippen LogP) is 2.47. The number of pyridine rings is 1. The van der Waals surface area contributed by atoms with Crippen LogP contribution in [0.25, 0.3) is 0 Å². The van der Waals surface area contributed by atoms with Crippen LogP contribution in [0.15, 0.2) is 53.3 Å². The van der Waals surface area contributed by atoms with E-state index in [4.69, 9.17) is 9.15 Å². The number of hydrogen-bond acceptors (Lipinski definition) is 7. The summed E-state index contributed by atoms with van der Waals surface area (Å²) in [4.78, 5) is 32.1. The zero-order valence-corrected chi connectivity index (χ0v) is 17.3. The average molecular weight is 424 g/mol. The highest BCUT2D eigenvalue weighted by molar-refractivity contribution is 5.95. The molecule has 0 saturated heterocycles. The molecule has 1 atom stereocenters. The van der Waals surface area contributed by atoms with Crippen molar-refractivity contribution in [1.29, 1.82) is 0 Å². The van der Waals surface area contributed by atoms with Gasteiger partial charge in [-0.1, -0.05) is 18.2 Å². The first-order valence-electron chi connectivity index (χ1n) is 9.75. The van der Waals surface area contributed by atoms with Gasteiger partial charge in [0.15, 0.2) is 6.39 Å². The second-order valence-electron chi connectivity index (χ2n) is 6.84. The molecular formula is C22H24N4O5. The lowest BCUT2D eigenvalue weighted by Crippen LogP contribution is -2.42. The molecule has 0 saturated carbocycles. The van der Waals surface area contributed by atoms with Crippen molar-refractivity contribution in [3.8, 4) is 5.75 Å². The number of oxazole rings is 1. The van der Waals surface area contributed by atoms with Crippen LogP contribution in [0.2, 0.25) is 0 Å². The number of carboxylic acids is 1. The van der Waals surface area contributed by atoms with Gasteiger partial charge in [-0.15, -0.1) is 0 Å². The number of nitrogens with one attached hydrogen (secondary N) is 2. The fourth-order valence-electron chi connectivity index (χ4n) is 2.93. The molecule has 0 aliphatic rings. The fourth-order valence-corrected chi connectivity index (χ4v) is 2.93. The van der Waals surface area contributed by atoms with Crippen molar-refractivity contribution in [2.45, 2.75) is 25.8 Å². The van der Waals surface area contributed by atoms with Gasteiger partial charge in [-0.05, 0) is 36.8 Å². The number of anilines is 1. The van der Waals surface area contributed by atoms with E-state index in [9.17, 15) is 14.7 Å². The SMILES string of the molecule is CNc1cccc(CCOc2ccc(C[C@H](NC(=O)c3ocnc3C)C(=O)O)cc2)n1. The lowest BCUT2D eigenvalue weighted by molar-refractivity contribution is -0.139. The summed E-state index contributed by atoms with van der Waals surface area (Å²) in [6, 6.07) is 11.8. The Labute approximate surface area is 179 Å². The van der Waals surface area contributed by atoms with E-state index in [-0.39, 0.29) is 12.2 Å². The highest BCUT2D eigenvalue weighted by atomic mass is 16.5. The van der Waals surface area contributed by atoms with E-state index >= 15 is 0 Å². The fraction of sp³-hybridized carbons (Fsp3) is 0.273. The third kappa shape index (κ3) is 6.05. The van der Waals surface area contributed by atoms with E-state index in [0.29, 0.717) is 24.5 Å². The molecule has 2 aromatic heterocycles. The van der Waals surface area contributed by atoms with E-state index < -0.39 is 17.9 Å². The number of aryl methyl sites for hydroxylation is 1. The molecule has 162 valence electrons. The minimum Gasteiger partial charge on any atom is -0.493 e. The van der Waals surface area contributed by atoms with E-state index in [1.54, 1.807) is 31.2 Å². The molecule has 1 amide bonds. The number of aliphatic carboxylic acids is 1. The number of carbonyl (C=O) groups excluding carboxylic acids is 1. The summed E-state index contributed by atoms with van der Waals surface area (Å²) in [5, 5.41) is 14.9. The molecule has 9 heteroatoms. The summed E-state index contributed by atoms with van der Waals surface area (Å²) < 4.78 is 10.8. The highest BCUT2D eigenvalue weighted by Crippen LogP contribution is 2.15. The molecule has 3 N–H and O–H groups in total. The Balaban J connectivity index is 1.53. The Morgan fingerprint density at radius 2 is 1.97 bits per heavy atom. The Hall–Kier alpha value is -3.88. The van der Waals surface area contributed by atoms with Crippen molar-refractivity contribution in [3.63, 3.8) is 0 Å². The average Bonchev–Trinajstić information content (AvgIpc) is 3.20. The normalized spacial score (nSPS) is 11.5. The first-order chi connectivity index (χ1) is 15.0. The molecule has 0 bridgehead atoms. The van der Waals surface area contributed by atoms with E-state index in [1.165, 1.54) is 0 Å². The lowest BCUT2D eigenvalue weighted by Gasteiger charge is -2.14. The Bertz CT molecular complexity index is 1030. The minimum atomic E-state index is -1.14. The largest absolute Gasteiger partial charge is 0.493 e. The van der Waals surface area contributed by atoms with E-state index in [2.05, 4.69) is 20.6 Å². The number of benzene rings is 1. The molecule has 0 aliphatic heterocycles. The third-order valence-electron chi connectivity index (χ3n) is 4.61. The van der Waals surface area contributed by atoms with Gasteiger partial charge >= 0.3 is 5.97 Å². The highest BCUT2D eigenvalue weighted by Gasteiger charge is 2.24. The maximum absolute atomic E-state index is 12.2. The van der Waals surface area contributed by atoms with Gasteiger partial charge in [0.2, 0.25) is 5.76 Å². The summed E-state index contributed by atoms with van der Waals surface area (Å²) in [6.45, 7) is 2.07. The number of ether oxygens (including phenoxy) is 1. The summed E-state index contributed by atoms with van der Waals surface area (Å²) in [5.41, 5.74) is 2.07. The number of rotatable bonds is 10. The number of carboxylic acid groups (broad SMARTS) is 1. The zero-order valence-electron chi connectivity index (χ0n) is 17.3. The summed E-state index contributed by atoms with van der Waals surface area (Å²) in [7, 11) is 1.82. The van der Waals surface area contributed by atoms with E-state index in [1.807, 2.05) is 25.2 Å². The third-order valence-corrected chi connectivity index (χ3v) is 4.61. The minimum absolute atomic E-state index is 0.00439. The van der Waals surface area contributed by atoms with Crippen molar-refractivity contribution in [1.82, 2.24) is 15.3 Å². The molecule has 3 aromatic rings. The van der Waals surface area contributed by atoms with Crippen LogP contribution in [0.3, 0.4) is 0 Å². The monoisotopic (exact) mass is 424 g/mol. The van der Waals surface area contributed by atoms with Crippen LogP contribution in [0.5, 0.6) is 5.75 Å². The molecule has 31 heavy (non-hydrogen) atoms. The van der Waals surface area contributed by atoms with Gasteiger partial charge in [0.1, 0.15) is 17.6 Å². The van der Waals surface area contributed by atoms with Crippen LogP contribution in [-0.4, -0.2) is 46.6 Å². The smallest absolute Gasteiger partial charge is 0.326 e. The lowest BCUT2D eigenvalue weighted by atomic mass is 10.1.